The van der Waals surface area contributed by atoms with Crippen LogP contribution < -0.4 is 10.6 Å². The van der Waals surface area contributed by atoms with Crippen LogP contribution in [0.15, 0.2) is 29.2 Å². The molecule has 0 radical (unpaired) electrons. The molecule has 0 spiro atoms. The third-order valence-electron chi connectivity index (χ3n) is 2.43. The van der Waals surface area contributed by atoms with Gasteiger partial charge in [-0.05, 0) is 37.8 Å². The highest BCUT2D eigenvalue weighted by Crippen LogP contribution is 2.18. The summed E-state index contributed by atoms with van der Waals surface area (Å²) in [5.41, 5.74) is 0.832. The topological polar surface area (TPSA) is 41.1 Å². The predicted octanol–water partition coefficient (Wildman–Crippen LogP) is 3.72. The molecule has 0 unspecified atom stereocenters. The lowest BCUT2D eigenvalue weighted by Crippen LogP contribution is -2.35. The maximum atomic E-state index is 11.7. The summed E-state index contributed by atoms with van der Waals surface area (Å²) in [6.45, 7) is 4.12. The molecule has 4 heteroatoms. The van der Waals surface area contributed by atoms with Crippen LogP contribution in [0.2, 0.25) is 0 Å². The number of carbonyl (C=O) groups excluding carboxylic acids is 1. The number of nitrogens with one attached hydrogen (secondary N) is 2. The van der Waals surface area contributed by atoms with Crippen molar-refractivity contribution >= 4 is 23.5 Å². The average Bonchev–Trinajstić information content (AvgIpc) is 2.29. The molecule has 2 N–H and O–H groups in total. The van der Waals surface area contributed by atoms with Gasteiger partial charge in [0.15, 0.2) is 0 Å². The number of anilines is 1. The van der Waals surface area contributed by atoms with E-state index in [-0.39, 0.29) is 12.1 Å². The van der Waals surface area contributed by atoms with Gasteiger partial charge >= 0.3 is 6.03 Å². The highest BCUT2D eigenvalue weighted by Gasteiger charge is 2.06. The van der Waals surface area contributed by atoms with Gasteiger partial charge in [0.1, 0.15) is 0 Å². The van der Waals surface area contributed by atoms with E-state index in [2.05, 4.69) is 17.6 Å². The maximum Gasteiger partial charge on any atom is 0.319 e. The zero-order valence-corrected chi connectivity index (χ0v) is 11.4. The number of rotatable bonds is 5. The molecule has 0 aliphatic heterocycles. The number of hydrogen-bond donors (Lipinski definition) is 2. The Morgan fingerprint density at radius 1 is 1.47 bits per heavy atom. The lowest BCUT2D eigenvalue weighted by molar-refractivity contribution is 0.248. The Hall–Kier alpha value is -1.16. The molecule has 3 nitrogen and oxygen atoms in total. The minimum atomic E-state index is -0.135. The fraction of sp³-hybridized carbons (Fsp3) is 0.462. The maximum absolute atomic E-state index is 11.7. The van der Waals surface area contributed by atoms with Crippen molar-refractivity contribution in [2.45, 2.75) is 37.6 Å². The summed E-state index contributed by atoms with van der Waals surface area (Å²) in [6, 6.07) is 7.90. The molecule has 1 aromatic carbocycles. The normalized spacial score (nSPS) is 11.9. The van der Waals surface area contributed by atoms with E-state index in [1.165, 1.54) is 0 Å². The van der Waals surface area contributed by atoms with Crippen molar-refractivity contribution in [1.29, 1.82) is 0 Å². The summed E-state index contributed by atoms with van der Waals surface area (Å²) >= 11 is 1.66. The Morgan fingerprint density at radius 2 is 2.24 bits per heavy atom. The number of carbonyl (C=O) groups is 1. The molecule has 17 heavy (non-hydrogen) atoms. The zero-order chi connectivity index (χ0) is 12.7. The molecule has 2 amide bonds. The number of thioether (sulfide) groups is 1. The molecule has 0 aliphatic carbocycles. The molecule has 0 saturated carbocycles. The molecule has 0 heterocycles. The standard InChI is InChI=1S/C13H20N2OS/c1-4-6-10(2)14-13(16)15-11-7-5-8-12(9-11)17-3/h5,7-10H,4,6H2,1-3H3,(H2,14,15,16)/t10-/m1/s1. The number of benzene rings is 1. The van der Waals surface area contributed by atoms with Crippen molar-refractivity contribution in [2.24, 2.45) is 0 Å². The molecule has 94 valence electrons. The van der Waals surface area contributed by atoms with E-state index in [9.17, 15) is 4.79 Å². The molecule has 0 fully saturated rings. The Balaban J connectivity index is 2.49. The van der Waals surface area contributed by atoms with Gasteiger partial charge in [0.2, 0.25) is 0 Å². The van der Waals surface area contributed by atoms with E-state index in [1.807, 2.05) is 37.4 Å². The van der Waals surface area contributed by atoms with Gasteiger partial charge in [0.05, 0.1) is 0 Å². The van der Waals surface area contributed by atoms with Gasteiger partial charge in [0, 0.05) is 16.6 Å². The Labute approximate surface area is 107 Å². The Morgan fingerprint density at radius 3 is 2.88 bits per heavy atom. The van der Waals surface area contributed by atoms with Crippen LogP contribution in [0.25, 0.3) is 0 Å². The molecule has 0 aromatic heterocycles. The van der Waals surface area contributed by atoms with E-state index >= 15 is 0 Å². The quantitative estimate of drug-likeness (QED) is 0.784. The summed E-state index contributed by atoms with van der Waals surface area (Å²) in [5.74, 6) is 0. The van der Waals surface area contributed by atoms with Crippen molar-refractivity contribution in [3.63, 3.8) is 0 Å². The average molecular weight is 252 g/mol. The third kappa shape index (κ3) is 5.13. The second-order valence-electron chi connectivity index (χ2n) is 4.02. The first-order chi connectivity index (χ1) is 8.15. The van der Waals surface area contributed by atoms with Crippen molar-refractivity contribution in [3.8, 4) is 0 Å². The number of hydrogen-bond acceptors (Lipinski definition) is 2. The fourth-order valence-electron chi connectivity index (χ4n) is 1.60. The van der Waals surface area contributed by atoms with Crippen LogP contribution in [0, 0.1) is 0 Å². The van der Waals surface area contributed by atoms with Gasteiger partial charge in [-0.15, -0.1) is 11.8 Å². The van der Waals surface area contributed by atoms with Crippen LogP contribution in [-0.4, -0.2) is 18.3 Å². The smallest absolute Gasteiger partial charge is 0.319 e. The monoisotopic (exact) mass is 252 g/mol. The van der Waals surface area contributed by atoms with Gasteiger partial charge in [-0.2, -0.15) is 0 Å². The van der Waals surface area contributed by atoms with Crippen LogP contribution >= 0.6 is 11.8 Å². The second-order valence-corrected chi connectivity index (χ2v) is 4.90. The largest absolute Gasteiger partial charge is 0.335 e. The zero-order valence-electron chi connectivity index (χ0n) is 10.6. The fourth-order valence-corrected chi connectivity index (χ4v) is 2.06. The van der Waals surface area contributed by atoms with Crippen molar-refractivity contribution in [3.05, 3.63) is 24.3 Å². The molecule has 1 rings (SSSR count). The first-order valence-corrected chi connectivity index (χ1v) is 7.09. The summed E-state index contributed by atoms with van der Waals surface area (Å²) in [6.07, 6.45) is 4.09. The van der Waals surface area contributed by atoms with Crippen LogP contribution in [0.4, 0.5) is 10.5 Å². The van der Waals surface area contributed by atoms with Crippen molar-refractivity contribution < 1.29 is 4.79 Å². The highest BCUT2D eigenvalue weighted by atomic mass is 32.2. The Kier molecular flexibility index (Phi) is 5.91. The molecular weight excluding hydrogens is 232 g/mol. The van der Waals surface area contributed by atoms with Crippen molar-refractivity contribution in [1.82, 2.24) is 5.32 Å². The summed E-state index contributed by atoms with van der Waals surface area (Å²) in [7, 11) is 0. The minimum absolute atomic E-state index is 0.135. The molecule has 1 atom stereocenters. The molecular formula is C13H20N2OS. The van der Waals surface area contributed by atoms with Crippen LogP contribution in [0.1, 0.15) is 26.7 Å². The molecule has 0 saturated heterocycles. The van der Waals surface area contributed by atoms with E-state index in [1.54, 1.807) is 11.8 Å². The van der Waals surface area contributed by atoms with E-state index < -0.39 is 0 Å². The van der Waals surface area contributed by atoms with E-state index in [0.29, 0.717) is 0 Å². The summed E-state index contributed by atoms with van der Waals surface area (Å²) < 4.78 is 0. The molecule has 1 aromatic rings. The number of urea groups is 1. The first kappa shape index (κ1) is 13.9. The van der Waals surface area contributed by atoms with Gasteiger partial charge in [-0.1, -0.05) is 19.4 Å². The third-order valence-corrected chi connectivity index (χ3v) is 3.15. The lowest BCUT2D eigenvalue weighted by atomic mass is 10.2. The molecule has 0 bridgehead atoms. The predicted molar refractivity (Wildman–Crippen MR) is 74.7 cm³/mol. The van der Waals surface area contributed by atoms with Crippen LogP contribution in [-0.2, 0) is 0 Å². The molecule has 0 aliphatic rings. The highest BCUT2D eigenvalue weighted by molar-refractivity contribution is 7.98. The van der Waals surface area contributed by atoms with Gasteiger partial charge in [-0.3, -0.25) is 0 Å². The van der Waals surface area contributed by atoms with Crippen LogP contribution in [0.5, 0.6) is 0 Å². The van der Waals surface area contributed by atoms with Gasteiger partial charge in [-0.25, -0.2) is 4.79 Å². The summed E-state index contributed by atoms with van der Waals surface area (Å²) in [4.78, 5) is 12.8. The first-order valence-electron chi connectivity index (χ1n) is 5.87. The van der Waals surface area contributed by atoms with E-state index in [0.717, 1.165) is 23.4 Å². The van der Waals surface area contributed by atoms with Crippen LogP contribution in [0.3, 0.4) is 0 Å². The lowest BCUT2D eigenvalue weighted by Gasteiger charge is -2.13. The Bertz CT molecular complexity index is 368. The van der Waals surface area contributed by atoms with Gasteiger partial charge in [0.25, 0.3) is 0 Å². The van der Waals surface area contributed by atoms with Crippen molar-refractivity contribution in [2.75, 3.05) is 11.6 Å². The number of amides is 2. The minimum Gasteiger partial charge on any atom is -0.335 e. The van der Waals surface area contributed by atoms with E-state index in [4.69, 9.17) is 0 Å². The summed E-state index contributed by atoms with van der Waals surface area (Å²) in [5, 5.41) is 5.75. The van der Waals surface area contributed by atoms with Gasteiger partial charge < -0.3 is 10.6 Å². The second kappa shape index (κ2) is 7.22. The SMILES string of the molecule is CCC[C@@H](C)NC(=O)Nc1cccc(SC)c1.